The minimum atomic E-state index is 0.247. The Morgan fingerprint density at radius 2 is 1.90 bits per heavy atom. The first kappa shape index (κ1) is 19.4. The molecule has 0 N–H and O–H groups in total. The van der Waals surface area contributed by atoms with E-state index >= 15 is 0 Å². The summed E-state index contributed by atoms with van der Waals surface area (Å²) in [4.78, 5) is 17.6. The molecule has 1 fully saturated rings. The van der Waals surface area contributed by atoms with Crippen molar-refractivity contribution in [3.63, 3.8) is 0 Å². The number of ketones is 1. The molecule has 0 amide bonds. The monoisotopic (exact) mass is 422 g/mol. The van der Waals surface area contributed by atoms with Crippen LogP contribution in [0, 0.1) is 6.92 Å². The summed E-state index contributed by atoms with van der Waals surface area (Å²) < 4.78 is 12.8. The molecule has 0 radical (unpaired) electrons. The van der Waals surface area contributed by atoms with Gasteiger partial charge in [0.2, 0.25) is 0 Å². The highest BCUT2D eigenvalue weighted by Gasteiger charge is 2.24. The van der Waals surface area contributed by atoms with Gasteiger partial charge in [0.05, 0.1) is 5.69 Å². The highest BCUT2D eigenvalue weighted by atomic mass is 32.1. The number of Topliss-reactive ketones (excluding diaryl/α,β-unsaturated/α-hetero) is 1. The minimum absolute atomic E-state index is 0.247. The van der Waals surface area contributed by atoms with Gasteiger partial charge in [-0.05, 0) is 31.2 Å². The van der Waals surface area contributed by atoms with Crippen molar-refractivity contribution in [2.75, 3.05) is 50.8 Å². The molecule has 5 nitrogen and oxygen atoms in total. The van der Waals surface area contributed by atoms with E-state index in [0.717, 1.165) is 60.9 Å². The lowest BCUT2D eigenvalue weighted by Gasteiger charge is -2.37. The molecule has 0 saturated carbocycles. The molecule has 0 unspecified atom stereocenters. The van der Waals surface area contributed by atoms with E-state index in [9.17, 15) is 4.79 Å². The third kappa shape index (κ3) is 3.77. The van der Waals surface area contributed by atoms with Gasteiger partial charge in [-0.3, -0.25) is 9.69 Å². The van der Waals surface area contributed by atoms with E-state index in [1.807, 2.05) is 17.5 Å². The number of rotatable bonds is 5. The zero-order valence-corrected chi connectivity index (χ0v) is 18.0. The Morgan fingerprint density at radius 1 is 1.07 bits per heavy atom. The molecule has 3 heterocycles. The van der Waals surface area contributed by atoms with E-state index in [0.29, 0.717) is 19.6 Å². The number of anilines is 1. The van der Waals surface area contributed by atoms with Crippen LogP contribution in [-0.2, 0) is 0 Å². The number of nitrogens with zero attached hydrogens (tertiary/aromatic N) is 2. The van der Waals surface area contributed by atoms with E-state index in [-0.39, 0.29) is 5.78 Å². The van der Waals surface area contributed by atoms with Crippen molar-refractivity contribution in [3.05, 3.63) is 52.9 Å². The summed E-state index contributed by atoms with van der Waals surface area (Å²) in [7, 11) is 0. The number of fused-ring (bicyclic) bond motifs is 2. The summed E-state index contributed by atoms with van der Waals surface area (Å²) in [5.41, 5.74) is 3.19. The molecule has 30 heavy (non-hydrogen) atoms. The summed E-state index contributed by atoms with van der Waals surface area (Å²) in [5.74, 6) is 1.95. The van der Waals surface area contributed by atoms with Gasteiger partial charge in [0.25, 0.3) is 0 Å². The average molecular weight is 423 g/mol. The maximum absolute atomic E-state index is 12.9. The Morgan fingerprint density at radius 3 is 2.77 bits per heavy atom. The van der Waals surface area contributed by atoms with Gasteiger partial charge in [0, 0.05) is 60.2 Å². The number of aryl methyl sites for hydroxylation is 1. The van der Waals surface area contributed by atoms with E-state index in [1.165, 1.54) is 10.3 Å². The summed E-state index contributed by atoms with van der Waals surface area (Å²) in [5, 5.41) is 3.12. The Kier molecular flexibility index (Phi) is 5.35. The lowest BCUT2D eigenvalue weighted by Crippen LogP contribution is -2.47. The fourth-order valence-electron chi connectivity index (χ4n) is 4.27. The van der Waals surface area contributed by atoms with Crippen LogP contribution in [0.4, 0.5) is 5.69 Å². The van der Waals surface area contributed by atoms with Gasteiger partial charge in [0.15, 0.2) is 17.3 Å². The number of piperazine rings is 1. The van der Waals surface area contributed by atoms with Crippen molar-refractivity contribution in [2.45, 2.75) is 13.3 Å². The standard InChI is InChI=1S/C24H26N2O3S/c1-17-5-6-23-18(15-17)19(16-30-23)21(27)7-8-25-9-11-26(12-10-25)20-3-2-4-22-24(20)29-14-13-28-22/h2-6,15-16H,7-14H2,1H3. The van der Waals surface area contributed by atoms with Gasteiger partial charge in [-0.1, -0.05) is 17.7 Å². The van der Waals surface area contributed by atoms with E-state index in [4.69, 9.17) is 9.47 Å². The van der Waals surface area contributed by atoms with Crippen molar-refractivity contribution in [3.8, 4) is 11.5 Å². The number of hydrogen-bond donors (Lipinski definition) is 0. The third-order valence-electron chi connectivity index (χ3n) is 5.94. The van der Waals surface area contributed by atoms with Crippen molar-refractivity contribution < 1.29 is 14.3 Å². The fraction of sp³-hybridized carbons (Fsp3) is 0.375. The number of benzene rings is 2. The SMILES string of the molecule is Cc1ccc2scc(C(=O)CCN3CCN(c4cccc5c4OCCO5)CC3)c2c1. The highest BCUT2D eigenvalue weighted by Crippen LogP contribution is 2.39. The van der Waals surface area contributed by atoms with Crippen LogP contribution in [0.3, 0.4) is 0 Å². The predicted octanol–water partition coefficient (Wildman–Crippen LogP) is 4.38. The van der Waals surface area contributed by atoms with Crippen molar-refractivity contribution in [2.24, 2.45) is 0 Å². The number of thiophene rings is 1. The van der Waals surface area contributed by atoms with Crippen LogP contribution in [0.2, 0.25) is 0 Å². The zero-order chi connectivity index (χ0) is 20.5. The molecule has 3 aromatic rings. The summed E-state index contributed by atoms with van der Waals surface area (Å²) >= 11 is 1.66. The quantitative estimate of drug-likeness (QED) is 0.571. The van der Waals surface area contributed by atoms with Gasteiger partial charge in [0.1, 0.15) is 13.2 Å². The van der Waals surface area contributed by atoms with Crippen molar-refractivity contribution in [1.29, 1.82) is 0 Å². The smallest absolute Gasteiger partial charge is 0.184 e. The predicted molar refractivity (Wildman–Crippen MR) is 122 cm³/mol. The first-order valence-electron chi connectivity index (χ1n) is 10.6. The van der Waals surface area contributed by atoms with Gasteiger partial charge in [-0.15, -0.1) is 11.3 Å². The molecule has 0 aliphatic carbocycles. The average Bonchev–Trinajstić information content (AvgIpc) is 3.20. The van der Waals surface area contributed by atoms with Gasteiger partial charge >= 0.3 is 0 Å². The van der Waals surface area contributed by atoms with E-state index in [1.54, 1.807) is 11.3 Å². The summed E-state index contributed by atoms with van der Waals surface area (Å²) in [6.45, 7) is 7.83. The minimum Gasteiger partial charge on any atom is -0.486 e. The highest BCUT2D eigenvalue weighted by molar-refractivity contribution is 7.17. The van der Waals surface area contributed by atoms with Gasteiger partial charge in [-0.25, -0.2) is 0 Å². The maximum Gasteiger partial charge on any atom is 0.184 e. The molecule has 1 saturated heterocycles. The van der Waals surface area contributed by atoms with Gasteiger partial charge in [-0.2, -0.15) is 0 Å². The van der Waals surface area contributed by atoms with Crippen molar-refractivity contribution >= 4 is 32.9 Å². The van der Waals surface area contributed by atoms with Crippen LogP contribution >= 0.6 is 11.3 Å². The number of carbonyl (C=O) groups is 1. The molecule has 6 heteroatoms. The molecule has 0 atom stereocenters. The second kappa shape index (κ2) is 8.28. The number of para-hydroxylation sites is 1. The molecule has 156 valence electrons. The molecular formula is C24H26N2O3S. The van der Waals surface area contributed by atoms with Crippen LogP contribution in [0.25, 0.3) is 10.1 Å². The fourth-order valence-corrected chi connectivity index (χ4v) is 5.22. The number of carbonyl (C=O) groups excluding carboxylic acids is 1. The first-order chi connectivity index (χ1) is 14.7. The Bertz CT molecular complexity index is 1070. The molecule has 2 aromatic carbocycles. The molecule has 1 aromatic heterocycles. The lowest BCUT2D eigenvalue weighted by atomic mass is 10.0. The maximum atomic E-state index is 12.9. The largest absolute Gasteiger partial charge is 0.486 e. The molecule has 0 spiro atoms. The second-order valence-electron chi connectivity index (χ2n) is 7.95. The first-order valence-corrected chi connectivity index (χ1v) is 11.4. The topological polar surface area (TPSA) is 42.0 Å². The third-order valence-corrected chi connectivity index (χ3v) is 6.91. The van der Waals surface area contributed by atoms with Crippen LogP contribution < -0.4 is 14.4 Å². The zero-order valence-electron chi connectivity index (χ0n) is 17.2. The van der Waals surface area contributed by atoms with Crippen LogP contribution in [0.5, 0.6) is 11.5 Å². The molecular weight excluding hydrogens is 396 g/mol. The van der Waals surface area contributed by atoms with Gasteiger partial charge < -0.3 is 14.4 Å². The van der Waals surface area contributed by atoms with Crippen LogP contribution in [0.15, 0.2) is 41.8 Å². The second-order valence-corrected chi connectivity index (χ2v) is 8.86. The molecule has 2 aliphatic heterocycles. The van der Waals surface area contributed by atoms with Crippen LogP contribution in [0.1, 0.15) is 22.3 Å². The summed E-state index contributed by atoms with van der Waals surface area (Å²) in [6.07, 6.45) is 0.567. The van der Waals surface area contributed by atoms with E-state index in [2.05, 4.69) is 41.0 Å². The molecule has 5 rings (SSSR count). The Balaban J connectivity index is 1.19. The lowest BCUT2D eigenvalue weighted by molar-refractivity contribution is 0.0964. The van der Waals surface area contributed by atoms with Crippen molar-refractivity contribution in [1.82, 2.24) is 4.90 Å². The summed E-state index contributed by atoms with van der Waals surface area (Å²) in [6, 6.07) is 12.5. The Labute approximate surface area is 180 Å². The normalized spacial score (nSPS) is 16.8. The van der Waals surface area contributed by atoms with E-state index < -0.39 is 0 Å². The number of hydrogen-bond acceptors (Lipinski definition) is 6. The number of ether oxygens (including phenoxy) is 2. The molecule has 0 bridgehead atoms. The van der Waals surface area contributed by atoms with Crippen LogP contribution in [-0.4, -0.2) is 56.6 Å². The molecule has 2 aliphatic rings. The Hall–Kier alpha value is -2.57.